The molecular weight excluding hydrogens is 174 g/mol. The van der Waals surface area contributed by atoms with Gasteiger partial charge in [-0.15, -0.1) is 0 Å². The molecule has 0 aromatic heterocycles. The molecule has 0 aliphatic carbocycles. The molecule has 2 nitrogen and oxygen atoms in total. The van der Waals surface area contributed by atoms with E-state index in [2.05, 4.69) is 13.0 Å². The van der Waals surface area contributed by atoms with Crippen LogP contribution in [0.15, 0.2) is 24.3 Å². The van der Waals surface area contributed by atoms with Crippen molar-refractivity contribution in [1.82, 2.24) is 0 Å². The zero-order valence-electron chi connectivity index (χ0n) is 9.16. The van der Waals surface area contributed by atoms with Crippen molar-refractivity contribution in [2.75, 3.05) is 6.54 Å². The summed E-state index contributed by atoms with van der Waals surface area (Å²) in [4.78, 5) is 0. The minimum atomic E-state index is 0.209. The number of benzene rings is 1. The summed E-state index contributed by atoms with van der Waals surface area (Å²) in [5.74, 6) is 1.31. The Hall–Kier alpha value is -1.02. The first-order valence-electron chi connectivity index (χ1n) is 5.10. The topological polar surface area (TPSA) is 35.2 Å². The Morgan fingerprint density at radius 3 is 2.43 bits per heavy atom. The quantitative estimate of drug-likeness (QED) is 0.797. The van der Waals surface area contributed by atoms with E-state index in [-0.39, 0.29) is 6.10 Å². The lowest BCUT2D eigenvalue weighted by molar-refractivity contribution is 0.239. The molecule has 2 N–H and O–H groups in total. The van der Waals surface area contributed by atoms with Crippen molar-refractivity contribution < 1.29 is 4.74 Å². The molecule has 0 aliphatic rings. The molecule has 1 unspecified atom stereocenters. The van der Waals surface area contributed by atoms with Gasteiger partial charge in [0.05, 0.1) is 6.10 Å². The van der Waals surface area contributed by atoms with Gasteiger partial charge in [-0.25, -0.2) is 0 Å². The van der Waals surface area contributed by atoms with Gasteiger partial charge < -0.3 is 10.5 Å². The van der Waals surface area contributed by atoms with E-state index in [4.69, 9.17) is 10.5 Å². The highest BCUT2D eigenvalue weighted by Gasteiger charge is 2.10. The SMILES string of the molecule is CC(C)Oc1ccccc1C(C)CN. The van der Waals surface area contributed by atoms with Gasteiger partial charge in [0.25, 0.3) is 0 Å². The van der Waals surface area contributed by atoms with Gasteiger partial charge in [-0.05, 0) is 37.9 Å². The van der Waals surface area contributed by atoms with E-state index in [1.807, 2.05) is 32.0 Å². The van der Waals surface area contributed by atoms with Crippen molar-refractivity contribution in [2.24, 2.45) is 5.73 Å². The van der Waals surface area contributed by atoms with Crippen LogP contribution in [-0.4, -0.2) is 12.6 Å². The first kappa shape index (κ1) is 11.1. The van der Waals surface area contributed by atoms with Gasteiger partial charge >= 0.3 is 0 Å². The largest absolute Gasteiger partial charge is 0.491 e. The van der Waals surface area contributed by atoms with Gasteiger partial charge in [-0.2, -0.15) is 0 Å². The third-order valence-electron chi connectivity index (χ3n) is 2.17. The maximum Gasteiger partial charge on any atom is 0.123 e. The second kappa shape index (κ2) is 5.01. The Balaban J connectivity index is 2.91. The van der Waals surface area contributed by atoms with Crippen molar-refractivity contribution in [3.8, 4) is 5.75 Å². The molecule has 0 saturated heterocycles. The third kappa shape index (κ3) is 2.74. The molecule has 1 rings (SSSR count). The second-order valence-electron chi connectivity index (χ2n) is 3.84. The zero-order valence-corrected chi connectivity index (χ0v) is 9.16. The Bertz CT molecular complexity index is 283. The van der Waals surface area contributed by atoms with Crippen LogP contribution in [0.1, 0.15) is 32.3 Å². The highest BCUT2D eigenvalue weighted by molar-refractivity contribution is 5.36. The van der Waals surface area contributed by atoms with Gasteiger partial charge in [0.1, 0.15) is 5.75 Å². The molecular formula is C12H19NO. The number of nitrogens with two attached hydrogens (primary N) is 1. The molecule has 1 aromatic rings. The molecule has 0 radical (unpaired) electrons. The predicted octanol–water partition coefficient (Wildman–Crippen LogP) is 2.54. The van der Waals surface area contributed by atoms with E-state index in [0.717, 1.165) is 5.75 Å². The number of rotatable bonds is 4. The minimum absolute atomic E-state index is 0.209. The van der Waals surface area contributed by atoms with Crippen molar-refractivity contribution in [3.63, 3.8) is 0 Å². The van der Waals surface area contributed by atoms with Gasteiger partial charge in [0.2, 0.25) is 0 Å². The van der Waals surface area contributed by atoms with E-state index < -0.39 is 0 Å². The van der Waals surface area contributed by atoms with Crippen LogP contribution in [0.4, 0.5) is 0 Å². The van der Waals surface area contributed by atoms with Crippen molar-refractivity contribution in [3.05, 3.63) is 29.8 Å². The molecule has 0 aliphatic heterocycles. The van der Waals surface area contributed by atoms with Crippen LogP contribution in [0.3, 0.4) is 0 Å². The minimum Gasteiger partial charge on any atom is -0.491 e. The Kier molecular flexibility index (Phi) is 3.96. The summed E-state index contributed by atoms with van der Waals surface area (Å²) < 4.78 is 5.71. The molecule has 0 bridgehead atoms. The molecule has 1 aromatic carbocycles. The lowest BCUT2D eigenvalue weighted by Crippen LogP contribution is -2.13. The fourth-order valence-corrected chi connectivity index (χ4v) is 1.38. The van der Waals surface area contributed by atoms with E-state index in [0.29, 0.717) is 12.5 Å². The van der Waals surface area contributed by atoms with E-state index in [9.17, 15) is 0 Å². The molecule has 0 heterocycles. The number of hydrogen-bond acceptors (Lipinski definition) is 2. The van der Waals surface area contributed by atoms with Crippen LogP contribution in [-0.2, 0) is 0 Å². The summed E-state index contributed by atoms with van der Waals surface area (Å²) in [6.07, 6.45) is 0.209. The van der Waals surface area contributed by atoms with Crippen LogP contribution in [0, 0.1) is 0 Å². The summed E-state index contributed by atoms with van der Waals surface area (Å²) in [7, 11) is 0. The molecule has 78 valence electrons. The van der Waals surface area contributed by atoms with Gasteiger partial charge in [0, 0.05) is 0 Å². The second-order valence-corrected chi connectivity index (χ2v) is 3.84. The standard InChI is InChI=1S/C12H19NO/c1-9(2)14-12-7-5-4-6-11(12)10(3)8-13/h4-7,9-10H,8,13H2,1-3H3. The Morgan fingerprint density at radius 2 is 1.86 bits per heavy atom. The average Bonchev–Trinajstić information content (AvgIpc) is 2.16. The van der Waals surface area contributed by atoms with Crippen LogP contribution >= 0.6 is 0 Å². The van der Waals surface area contributed by atoms with Crippen LogP contribution in [0.2, 0.25) is 0 Å². The highest BCUT2D eigenvalue weighted by Crippen LogP contribution is 2.26. The monoisotopic (exact) mass is 193 g/mol. The summed E-state index contributed by atoms with van der Waals surface area (Å²) in [6.45, 7) is 6.83. The number of para-hydroxylation sites is 1. The van der Waals surface area contributed by atoms with Crippen molar-refractivity contribution in [2.45, 2.75) is 32.8 Å². The summed E-state index contributed by atoms with van der Waals surface area (Å²) in [5, 5.41) is 0. The van der Waals surface area contributed by atoms with Crippen LogP contribution in [0.5, 0.6) is 5.75 Å². The Labute approximate surface area is 86.1 Å². The van der Waals surface area contributed by atoms with Gasteiger partial charge in [-0.3, -0.25) is 0 Å². The normalized spacial score (nSPS) is 12.9. The third-order valence-corrected chi connectivity index (χ3v) is 2.17. The van der Waals surface area contributed by atoms with Gasteiger partial charge in [-0.1, -0.05) is 25.1 Å². The first-order chi connectivity index (χ1) is 6.65. The maximum absolute atomic E-state index is 5.71. The van der Waals surface area contributed by atoms with Gasteiger partial charge in [0.15, 0.2) is 0 Å². The number of ether oxygens (including phenoxy) is 1. The van der Waals surface area contributed by atoms with Crippen molar-refractivity contribution >= 4 is 0 Å². The molecule has 14 heavy (non-hydrogen) atoms. The molecule has 1 atom stereocenters. The predicted molar refractivity (Wildman–Crippen MR) is 59.7 cm³/mol. The lowest BCUT2D eigenvalue weighted by Gasteiger charge is -2.17. The summed E-state index contributed by atoms with van der Waals surface area (Å²) in [5.41, 5.74) is 6.85. The Morgan fingerprint density at radius 1 is 1.21 bits per heavy atom. The van der Waals surface area contributed by atoms with E-state index in [1.165, 1.54) is 5.56 Å². The van der Waals surface area contributed by atoms with Crippen LogP contribution < -0.4 is 10.5 Å². The molecule has 2 heteroatoms. The van der Waals surface area contributed by atoms with E-state index in [1.54, 1.807) is 0 Å². The zero-order chi connectivity index (χ0) is 10.6. The summed E-state index contributed by atoms with van der Waals surface area (Å²) >= 11 is 0. The molecule has 0 saturated carbocycles. The fraction of sp³-hybridized carbons (Fsp3) is 0.500. The van der Waals surface area contributed by atoms with E-state index >= 15 is 0 Å². The smallest absolute Gasteiger partial charge is 0.123 e. The molecule has 0 fully saturated rings. The highest BCUT2D eigenvalue weighted by atomic mass is 16.5. The lowest BCUT2D eigenvalue weighted by atomic mass is 10.0. The number of hydrogen-bond donors (Lipinski definition) is 1. The first-order valence-corrected chi connectivity index (χ1v) is 5.10. The molecule has 0 amide bonds. The molecule has 0 spiro atoms. The fourth-order valence-electron chi connectivity index (χ4n) is 1.38. The van der Waals surface area contributed by atoms with Crippen LogP contribution in [0.25, 0.3) is 0 Å². The maximum atomic E-state index is 5.71. The summed E-state index contributed by atoms with van der Waals surface area (Å²) in [6, 6.07) is 8.09. The average molecular weight is 193 g/mol. The van der Waals surface area contributed by atoms with Crippen molar-refractivity contribution in [1.29, 1.82) is 0 Å².